The van der Waals surface area contributed by atoms with Crippen molar-refractivity contribution in [2.24, 2.45) is 0 Å². The van der Waals surface area contributed by atoms with Gasteiger partial charge >= 0.3 is 0 Å². The first-order valence-corrected chi connectivity index (χ1v) is 8.74. The van der Waals surface area contributed by atoms with Gasteiger partial charge in [0.2, 0.25) is 11.9 Å². The Morgan fingerprint density at radius 3 is 2.50 bits per heavy atom. The number of nitrogens with zero attached hydrogens (tertiary/aromatic N) is 3. The van der Waals surface area contributed by atoms with Crippen molar-refractivity contribution in [3.63, 3.8) is 0 Å². The fraction of sp³-hybridized carbons (Fsp3) is 0.357. The summed E-state index contributed by atoms with van der Waals surface area (Å²) in [5.41, 5.74) is 6.58. The lowest BCUT2D eigenvalue weighted by Crippen LogP contribution is -2.18. The summed E-state index contributed by atoms with van der Waals surface area (Å²) in [5.74, 6) is 0.633. The molecular formula is C14H19N5O2S. The van der Waals surface area contributed by atoms with Gasteiger partial charge in [0.25, 0.3) is 0 Å². The maximum absolute atomic E-state index is 11.4. The molecule has 2 aromatic rings. The summed E-state index contributed by atoms with van der Waals surface area (Å²) in [6.07, 6.45) is 4.23. The van der Waals surface area contributed by atoms with Crippen molar-refractivity contribution in [3.8, 4) is 0 Å². The Labute approximate surface area is 129 Å². The molecular weight excluding hydrogens is 302 g/mol. The molecule has 22 heavy (non-hydrogen) atoms. The molecule has 1 unspecified atom stereocenters. The average molecular weight is 321 g/mol. The number of nitrogen functional groups attached to an aromatic ring is 1. The zero-order valence-electron chi connectivity index (χ0n) is 12.5. The molecule has 0 aliphatic carbocycles. The van der Waals surface area contributed by atoms with Crippen LogP contribution in [0.3, 0.4) is 0 Å². The van der Waals surface area contributed by atoms with E-state index in [0.29, 0.717) is 10.8 Å². The van der Waals surface area contributed by atoms with Crippen molar-refractivity contribution in [3.05, 3.63) is 36.2 Å². The lowest BCUT2D eigenvalue weighted by Gasteiger charge is -2.13. The van der Waals surface area contributed by atoms with E-state index in [0.717, 1.165) is 18.4 Å². The van der Waals surface area contributed by atoms with Gasteiger partial charge in [-0.1, -0.05) is 12.1 Å². The van der Waals surface area contributed by atoms with E-state index in [1.807, 2.05) is 19.1 Å². The van der Waals surface area contributed by atoms with Crippen LogP contribution in [0.4, 0.5) is 11.9 Å². The maximum atomic E-state index is 11.4. The van der Waals surface area contributed by atoms with Crippen LogP contribution in [0.25, 0.3) is 0 Å². The predicted molar refractivity (Wildman–Crippen MR) is 85.2 cm³/mol. The summed E-state index contributed by atoms with van der Waals surface area (Å²) in [7, 11) is -3.14. The standard InChI is InChI=1S/C14H19N5O2S/c1-10(18-14-17-9-16-13(15)19-14)3-4-11-5-7-12(8-6-11)22(2,20)21/h5-10H,3-4H2,1-2H3,(H3,15,16,17,18,19). The monoisotopic (exact) mass is 321 g/mol. The molecule has 118 valence electrons. The number of sulfone groups is 1. The molecule has 0 aliphatic heterocycles. The fourth-order valence-corrected chi connectivity index (χ4v) is 2.59. The fourth-order valence-electron chi connectivity index (χ4n) is 1.96. The summed E-state index contributed by atoms with van der Waals surface area (Å²) in [6.45, 7) is 2.02. The maximum Gasteiger partial charge on any atom is 0.227 e. The summed E-state index contributed by atoms with van der Waals surface area (Å²) >= 11 is 0. The number of hydrogen-bond acceptors (Lipinski definition) is 7. The summed E-state index contributed by atoms with van der Waals surface area (Å²) < 4.78 is 22.8. The van der Waals surface area contributed by atoms with E-state index in [9.17, 15) is 8.42 Å². The van der Waals surface area contributed by atoms with Crippen LogP contribution in [0.5, 0.6) is 0 Å². The smallest absolute Gasteiger partial charge is 0.227 e. The van der Waals surface area contributed by atoms with Gasteiger partial charge in [0.15, 0.2) is 9.84 Å². The molecule has 3 N–H and O–H groups in total. The number of aryl methyl sites for hydroxylation is 1. The quantitative estimate of drug-likeness (QED) is 0.824. The van der Waals surface area contributed by atoms with Gasteiger partial charge in [0.1, 0.15) is 6.33 Å². The highest BCUT2D eigenvalue weighted by molar-refractivity contribution is 7.90. The first-order chi connectivity index (χ1) is 10.3. The third kappa shape index (κ3) is 4.66. The van der Waals surface area contributed by atoms with Gasteiger partial charge in [-0.3, -0.25) is 0 Å². The Morgan fingerprint density at radius 1 is 1.23 bits per heavy atom. The van der Waals surface area contributed by atoms with E-state index >= 15 is 0 Å². The Hall–Kier alpha value is -2.22. The van der Waals surface area contributed by atoms with E-state index in [4.69, 9.17) is 5.73 Å². The van der Waals surface area contributed by atoms with Crippen LogP contribution in [-0.4, -0.2) is 35.7 Å². The molecule has 1 heterocycles. The lowest BCUT2D eigenvalue weighted by molar-refractivity contribution is 0.602. The van der Waals surface area contributed by atoms with Crippen molar-refractivity contribution in [1.82, 2.24) is 15.0 Å². The highest BCUT2D eigenvalue weighted by atomic mass is 32.2. The highest BCUT2D eigenvalue weighted by Crippen LogP contribution is 2.13. The molecule has 2 rings (SSSR count). The molecule has 0 spiro atoms. The van der Waals surface area contributed by atoms with E-state index in [1.165, 1.54) is 12.6 Å². The van der Waals surface area contributed by atoms with Crippen LogP contribution in [0.1, 0.15) is 18.9 Å². The molecule has 0 radical (unpaired) electrons. The SMILES string of the molecule is CC(CCc1ccc(S(C)(=O)=O)cc1)Nc1ncnc(N)n1. The molecule has 1 aromatic carbocycles. The first-order valence-electron chi connectivity index (χ1n) is 6.84. The third-order valence-corrected chi connectivity index (χ3v) is 4.31. The molecule has 0 aliphatic rings. The normalized spacial score (nSPS) is 12.8. The van der Waals surface area contributed by atoms with Gasteiger partial charge in [-0.05, 0) is 37.5 Å². The van der Waals surface area contributed by atoms with Crippen molar-refractivity contribution >= 4 is 21.7 Å². The minimum Gasteiger partial charge on any atom is -0.368 e. The number of benzene rings is 1. The average Bonchev–Trinajstić information content (AvgIpc) is 2.45. The summed E-state index contributed by atoms with van der Waals surface area (Å²) in [6, 6.07) is 7.09. The molecule has 1 aromatic heterocycles. The van der Waals surface area contributed by atoms with Gasteiger partial charge in [-0.15, -0.1) is 0 Å². The van der Waals surface area contributed by atoms with Gasteiger partial charge in [-0.2, -0.15) is 4.98 Å². The predicted octanol–water partition coefficient (Wildman–Crippen LogP) is 1.29. The van der Waals surface area contributed by atoms with E-state index in [-0.39, 0.29) is 12.0 Å². The molecule has 0 amide bonds. The molecule has 7 nitrogen and oxygen atoms in total. The van der Waals surface area contributed by atoms with E-state index in [1.54, 1.807) is 12.1 Å². The van der Waals surface area contributed by atoms with Crippen LogP contribution in [0.15, 0.2) is 35.5 Å². The largest absolute Gasteiger partial charge is 0.368 e. The number of hydrogen-bond donors (Lipinski definition) is 2. The highest BCUT2D eigenvalue weighted by Gasteiger charge is 2.08. The van der Waals surface area contributed by atoms with Gasteiger partial charge < -0.3 is 11.1 Å². The molecule has 0 fully saturated rings. The van der Waals surface area contributed by atoms with Crippen LogP contribution < -0.4 is 11.1 Å². The van der Waals surface area contributed by atoms with Crippen LogP contribution in [-0.2, 0) is 16.3 Å². The number of nitrogens with two attached hydrogens (primary N) is 1. The molecule has 8 heteroatoms. The van der Waals surface area contributed by atoms with Gasteiger partial charge in [0.05, 0.1) is 4.90 Å². The number of aromatic nitrogens is 3. The Bertz CT molecular complexity index is 731. The van der Waals surface area contributed by atoms with Crippen molar-refractivity contribution in [2.75, 3.05) is 17.3 Å². The molecule has 0 bridgehead atoms. The minimum absolute atomic E-state index is 0.149. The van der Waals surface area contributed by atoms with Crippen molar-refractivity contribution < 1.29 is 8.42 Å². The summed E-state index contributed by atoms with van der Waals surface area (Å²) in [5, 5.41) is 3.15. The second-order valence-corrected chi connectivity index (χ2v) is 7.18. The molecule has 0 saturated carbocycles. The number of nitrogens with one attached hydrogen (secondary N) is 1. The zero-order valence-corrected chi connectivity index (χ0v) is 13.3. The van der Waals surface area contributed by atoms with Crippen LogP contribution in [0, 0.1) is 0 Å². The van der Waals surface area contributed by atoms with Crippen molar-refractivity contribution in [2.45, 2.75) is 30.7 Å². The first kappa shape index (κ1) is 16.2. The summed E-state index contributed by atoms with van der Waals surface area (Å²) in [4.78, 5) is 12.0. The van der Waals surface area contributed by atoms with E-state index in [2.05, 4.69) is 20.3 Å². The third-order valence-electron chi connectivity index (χ3n) is 3.18. The number of anilines is 2. The Balaban J connectivity index is 1.89. The van der Waals surface area contributed by atoms with Gasteiger partial charge in [-0.25, -0.2) is 18.4 Å². The van der Waals surface area contributed by atoms with Crippen molar-refractivity contribution in [1.29, 1.82) is 0 Å². The molecule has 0 saturated heterocycles. The topological polar surface area (TPSA) is 111 Å². The van der Waals surface area contributed by atoms with Crippen LogP contribution >= 0.6 is 0 Å². The Morgan fingerprint density at radius 2 is 1.91 bits per heavy atom. The minimum atomic E-state index is -3.14. The Kier molecular flexibility index (Phi) is 4.92. The lowest BCUT2D eigenvalue weighted by atomic mass is 10.1. The number of rotatable bonds is 6. The zero-order chi connectivity index (χ0) is 16.2. The van der Waals surface area contributed by atoms with E-state index < -0.39 is 9.84 Å². The second kappa shape index (κ2) is 6.69. The second-order valence-electron chi connectivity index (χ2n) is 5.17. The van der Waals surface area contributed by atoms with Gasteiger partial charge in [0, 0.05) is 12.3 Å². The molecule has 1 atom stereocenters. The van der Waals surface area contributed by atoms with Crippen LogP contribution in [0.2, 0.25) is 0 Å².